The third kappa shape index (κ3) is 2.40. The zero-order chi connectivity index (χ0) is 12.4. The van der Waals surface area contributed by atoms with Gasteiger partial charge in [-0.2, -0.15) is 0 Å². The third-order valence-electron chi connectivity index (χ3n) is 3.07. The summed E-state index contributed by atoms with van der Waals surface area (Å²) in [5.41, 5.74) is 0.690. The number of benzene rings is 1. The van der Waals surface area contributed by atoms with Crippen LogP contribution in [-0.4, -0.2) is 18.8 Å². The molecule has 1 aromatic carbocycles. The van der Waals surface area contributed by atoms with E-state index in [0.717, 1.165) is 25.8 Å². The van der Waals surface area contributed by atoms with E-state index in [9.17, 15) is 9.50 Å². The molecule has 2 rings (SSSR count). The first-order valence-corrected chi connectivity index (χ1v) is 6.42. The standard InChI is InChI=1S/C12H15BrFNO2/c1-17-12-10(14)8(13)6-7(11(12)16)9-4-2-3-5-15-9/h6,9,15-16H,2-5H2,1H3. The first-order valence-electron chi connectivity index (χ1n) is 5.63. The van der Waals surface area contributed by atoms with E-state index in [1.165, 1.54) is 7.11 Å². The molecular formula is C12H15BrFNO2. The highest BCUT2D eigenvalue weighted by Gasteiger charge is 2.24. The van der Waals surface area contributed by atoms with Crippen LogP contribution in [0.5, 0.6) is 11.5 Å². The van der Waals surface area contributed by atoms with Gasteiger partial charge in [-0.1, -0.05) is 6.42 Å². The molecule has 1 unspecified atom stereocenters. The lowest BCUT2D eigenvalue weighted by Crippen LogP contribution is -2.27. The maximum atomic E-state index is 13.7. The summed E-state index contributed by atoms with van der Waals surface area (Å²) in [6, 6.07) is 1.69. The van der Waals surface area contributed by atoms with Gasteiger partial charge in [0, 0.05) is 11.6 Å². The van der Waals surface area contributed by atoms with Crippen LogP contribution in [0.15, 0.2) is 10.5 Å². The number of methoxy groups -OCH3 is 1. The zero-order valence-electron chi connectivity index (χ0n) is 9.59. The largest absolute Gasteiger partial charge is 0.504 e. The Hall–Kier alpha value is -0.810. The van der Waals surface area contributed by atoms with Crippen LogP contribution in [0, 0.1) is 5.82 Å². The topological polar surface area (TPSA) is 41.5 Å². The number of phenolic OH excluding ortho intramolecular Hbond substituents is 1. The second-order valence-corrected chi connectivity index (χ2v) is 5.00. The van der Waals surface area contributed by atoms with Crippen molar-refractivity contribution in [2.24, 2.45) is 0 Å². The molecule has 1 fully saturated rings. The number of rotatable bonds is 2. The molecule has 1 heterocycles. The SMILES string of the molecule is COc1c(O)c(C2CCCCN2)cc(Br)c1F. The fourth-order valence-corrected chi connectivity index (χ4v) is 2.61. The predicted octanol–water partition coefficient (Wildman–Crippen LogP) is 3.12. The highest BCUT2D eigenvalue weighted by molar-refractivity contribution is 9.10. The van der Waals surface area contributed by atoms with Crippen molar-refractivity contribution in [2.45, 2.75) is 25.3 Å². The van der Waals surface area contributed by atoms with Crippen molar-refractivity contribution in [3.8, 4) is 11.5 Å². The molecule has 0 saturated carbocycles. The van der Waals surface area contributed by atoms with Gasteiger partial charge in [0.2, 0.25) is 0 Å². The molecule has 0 aliphatic carbocycles. The summed E-state index contributed by atoms with van der Waals surface area (Å²) in [4.78, 5) is 0. The monoisotopic (exact) mass is 303 g/mol. The van der Waals surface area contributed by atoms with Crippen molar-refractivity contribution in [3.63, 3.8) is 0 Å². The molecule has 1 saturated heterocycles. The predicted molar refractivity (Wildman–Crippen MR) is 66.9 cm³/mol. The number of ether oxygens (including phenoxy) is 1. The van der Waals surface area contributed by atoms with Crippen molar-refractivity contribution in [2.75, 3.05) is 13.7 Å². The average molecular weight is 304 g/mol. The van der Waals surface area contributed by atoms with E-state index in [4.69, 9.17) is 4.74 Å². The molecule has 2 N–H and O–H groups in total. The Bertz CT molecular complexity index is 419. The van der Waals surface area contributed by atoms with Gasteiger partial charge < -0.3 is 15.2 Å². The normalized spacial score (nSPS) is 20.3. The van der Waals surface area contributed by atoms with Crippen molar-refractivity contribution in [3.05, 3.63) is 21.9 Å². The first kappa shape index (κ1) is 12.6. The Morgan fingerprint density at radius 1 is 1.53 bits per heavy atom. The molecule has 94 valence electrons. The van der Waals surface area contributed by atoms with Crippen LogP contribution < -0.4 is 10.1 Å². The molecule has 0 aromatic heterocycles. The molecule has 1 aromatic rings. The van der Waals surface area contributed by atoms with Gasteiger partial charge in [0.15, 0.2) is 17.3 Å². The van der Waals surface area contributed by atoms with Gasteiger partial charge in [-0.25, -0.2) is 4.39 Å². The Balaban J connectivity index is 2.42. The number of hydrogen-bond donors (Lipinski definition) is 2. The Labute approximate surface area is 108 Å². The third-order valence-corrected chi connectivity index (χ3v) is 3.65. The maximum Gasteiger partial charge on any atom is 0.198 e. The van der Waals surface area contributed by atoms with Gasteiger partial charge in [0.25, 0.3) is 0 Å². The van der Waals surface area contributed by atoms with Gasteiger partial charge >= 0.3 is 0 Å². The van der Waals surface area contributed by atoms with E-state index >= 15 is 0 Å². The van der Waals surface area contributed by atoms with E-state index in [2.05, 4.69) is 21.2 Å². The smallest absolute Gasteiger partial charge is 0.198 e. The lowest BCUT2D eigenvalue weighted by atomic mass is 9.96. The van der Waals surface area contributed by atoms with Crippen LogP contribution in [0.4, 0.5) is 4.39 Å². The molecule has 0 amide bonds. The highest BCUT2D eigenvalue weighted by Crippen LogP contribution is 2.41. The van der Waals surface area contributed by atoms with Crippen LogP contribution in [0.1, 0.15) is 30.9 Å². The fraction of sp³-hybridized carbons (Fsp3) is 0.500. The molecule has 1 aliphatic rings. The van der Waals surface area contributed by atoms with Crippen molar-refractivity contribution in [1.29, 1.82) is 0 Å². The summed E-state index contributed by atoms with van der Waals surface area (Å²) < 4.78 is 18.9. The summed E-state index contributed by atoms with van der Waals surface area (Å²) in [7, 11) is 1.35. The summed E-state index contributed by atoms with van der Waals surface area (Å²) in [5, 5.41) is 13.3. The number of hydrogen-bond acceptors (Lipinski definition) is 3. The van der Waals surface area contributed by atoms with Gasteiger partial charge in [0.1, 0.15) is 0 Å². The average Bonchev–Trinajstić information content (AvgIpc) is 2.36. The number of nitrogens with one attached hydrogen (secondary N) is 1. The molecule has 0 radical (unpaired) electrons. The van der Waals surface area contributed by atoms with Crippen LogP contribution >= 0.6 is 15.9 Å². The highest BCUT2D eigenvalue weighted by atomic mass is 79.9. The van der Waals surface area contributed by atoms with Gasteiger partial charge in [-0.05, 0) is 41.4 Å². The van der Waals surface area contributed by atoms with Crippen LogP contribution in [0.2, 0.25) is 0 Å². The zero-order valence-corrected chi connectivity index (χ0v) is 11.2. The molecule has 5 heteroatoms. The van der Waals surface area contributed by atoms with Gasteiger partial charge in [0.05, 0.1) is 11.6 Å². The van der Waals surface area contributed by atoms with E-state index < -0.39 is 5.82 Å². The minimum atomic E-state index is -0.565. The van der Waals surface area contributed by atoms with Crippen LogP contribution in [-0.2, 0) is 0 Å². The summed E-state index contributed by atoms with van der Waals surface area (Å²) in [6.07, 6.45) is 3.18. The lowest BCUT2D eigenvalue weighted by Gasteiger charge is -2.25. The van der Waals surface area contributed by atoms with Crippen molar-refractivity contribution >= 4 is 15.9 Å². The van der Waals surface area contributed by atoms with Crippen molar-refractivity contribution in [1.82, 2.24) is 5.32 Å². The van der Waals surface area contributed by atoms with Crippen LogP contribution in [0.3, 0.4) is 0 Å². The molecule has 17 heavy (non-hydrogen) atoms. The fourth-order valence-electron chi connectivity index (χ4n) is 2.18. The number of aromatic hydroxyl groups is 1. The molecule has 1 aliphatic heterocycles. The lowest BCUT2D eigenvalue weighted by molar-refractivity contribution is 0.337. The second-order valence-electron chi connectivity index (χ2n) is 4.15. The Morgan fingerprint density at radius 3 is 2.88 bits per heavy atom. The number of halogens is 2. The first-order chi connectivity index (χ1) is 8.15. The minimum absolute atomic E-state index is 0.0644. The summed E-state index contributed by atoms with van der Waals surface area (Å²) in [5.74, 6) is -0.765. The molecular weight excluding hydrogens is 289 g/mol. The summed E-state index contributed by atoms with van der Waals surface area (Å²) in [6.45, 7) is 0.918. The number of piperidine rings is 1. The quantitative estimate of drug-likeness (QED) is 0.882. The van der Waals surface area contributed by atoms with E-state index in [0.29, 0.717) is 10.0 Å². The molecule has 3 nitrogen and oxygen atoms in total. The maximum absolute atomic E-state index is 13.7. The van der Waals surface area contributed by atoms with Gasteiger partial charge in [-0.15, -0.1) is 0 Å². The molecule has 0 bridgehead atoms. The van der Waals surface area contributed by atoms with Gasteiger partial charge in [-0.3, -0.25) is 0 Å². The van der Waals surface area contributed by atoms with E-state index in [-0.39, 0.29) is 17.5 Å². The van der Waals surface area contributed by atoms with E-state index in [1.54, 1.807) is 6.07 Å². The second kappa shape index (κ2) is 5.23. The van der Waals surface area contributed by atoms with Crippen LogP contribution in [0.25, 0.3) is 0 Å². The molecule has 1 atom stereocenters. The van der Waals surface area contributed by atoms with E-state index in [1.807, 2.05) is 0 Å². The summed E-state index contributed by atoms with van der Waals surface area (Å²) >= 11 is 3.14. The molecule has 0 spiro atoms. The number of phenols is 1. The van der Waals surface area contributed by atoms with Crippen molar-refractivity contribution < 1.29 is 14.2 Å². The Kier molecular flexibility index (Phi) is 3.89. The minimum Gasteiger partial charge on any atom is -0.504 e. The Morgan fingerprint density at radius 2 is 2.29 bits per heavy atom.